The number of nitrogens with one attached hydrogen (secondary N) is 1. The number of carboxylic acid groups (broad SMARTS) is 1. The predicted octanol–water partition coefficient (Wildman–Crippen LogP) is 4.19. The summed E-state index contributed by atoms with van der Waals surface area (Å²) < 4.78 is 1.72. The van der Waals surface area contributed by atoms with Crippen LogP contribution in [0.3, 0.4) is 0 Å². The van der Waals surface area contributed by atoms with Crippen LogP contribution in [0.25, 0.3) is 21.8 Å². The fourth-order valence-corrected chi connectivity index (χ4v) is 4.36. The van der Waals surface area contributed by atoms with Crippen LogP contribution >= 0.6 is 11.8 Å². The lowest BCUT2D eigenvalue weighted by molar-refractivity contribution is -0.137. The van der Waals surface area contributed by atoms with Crippen molar-refractivity contribution in [3.63, 3.8) is 0 Å². The number of para-hydroxylation sites is 2. The number of aliphatic carboxylic acids is 1. The number of amides is 1. The second kappa shape index (κ2) is 9.00. The molecule has 0 atom stereocenters. The third-order valence-corrected chi connectivity index (χ3v) is 5.85. The molecular weight excluding hydrogens is 398 g/mol. The Balaban J connectivity index is 1.35. The predicted molar refractivity (Wildman–Crippen MR) is 119 cm³/mol. The van der Waals surface area contributed by atoms with Crippen LogP contribution < -0.4 is 5.32 Å². The Morgan fingerprint density at radius 1 is 1.00 bits per heavy atom. The van der Waals surface area contributed by atoms with Crippen LogP contribution in [0, 0.1) is 0 Å². The van der Waals surface area contributed by atoms with Crippen LogP contribution in [0.2, 0.25) is 0 Å². The van der Waals surface area contributed by atoms with Crippen LogP contribution in [-0.4, -0.2) is 38.8 Å². The van der Waals surface area contributed by atoms with Crippen LogP contribution in [0.1, 0.15) is 16.8 Å². The van der Waals surface area contributed by atoms with Gasteiger partial charge in [-0.05, 0) is 35.4 Å². The van der Waals surface area contributed by atoms with Crippen molar-refractivity contribution in [2.45, 2.75) is 18.1 Å². The van der Waals surface area contributed by atoms with E-state index in [-0.39, 0.29) is 12.5 Å². The van der Waals surface area contributed by atoms with Gasteiger partial charge in [0.15, 0.2) is 5.16 Å². The molecule has 1 aromatic heterocycles. The SMILES string of the molecule is O=C(O)Cn1c(SCCCNC(=O)c2cccc3ccccc23)nc2ccccc21. The highest BCUT2D eigenvalue weighted by Gasteiger charge is 2.13. The van der Waals surface area contributed by atoms with Crippen LogP contribution in [0.5, 0.6) is 0 Å². The summed E-state index contributed by atoms with van der Waals surface area (Å²) in [6.07, 6.45) is 0.747. The van der Waals surface area contributed by atoms with Crippen molar-refractivity contribution in [3.05, 3.63) is 72.3 Å². The highest BCUT2D eigenvalue weighted by molar-refractivity contribution is 7.99. The zero-order valence-electron chi connectivity index (χ0n) is 16.2. The van der Waals surface area contributed by atoms with Gasteiger partial charge in [0.2, 0.25) is 0 Å². The molecule has 152 valence electrons. The number of nitrogens with zero attached hydrogens (tertiary/aromatic N) is 2. The van der Waals surface area contributed by atoms with Crippen molar-refractivity contribution in [3.8, 4) is 0 Å². The minimum Gasteiger partial charge on any atom is -0.480 e. The number of fused-ring (bicyclic) bond motifs is 2. The Morgan fingerprint density at radius 3 is 2.63 bits per heavy atom. The second-order valence-electron chi connectivity index (χ2n) is 6.85. The normalized spacial score (nSPS) is 11.1. The van der Waals surface area contributed by atoms with Crippen molar-refractivity contribution in [1.82, 2.24) is 14.9 Å². The van der Waals surface area contributed by atoms with E-state index >= 15 is 0 Å². The average molecular weight is 420 g/mol. The molecule has 0 fully saturated rings. The zero-order chi connectivity index (χ0) is 20.9. The molecule has 2 N–H and O–H groups in total. The Hall–Kier alpha value is -3.32. The van der Waals surface area contributed by atoms with Gasteiger partial charge in [0.25, 0.3) is 5.91 Å². The number of imidazole rings is 1. The fourth-order valence-electron chi connectivity index (χ4n) is 3.41. The fraction of sp³-hybridized carbons (Fsp3) is 0.174. The van der Waals surface area contributed by atoms with Gasteiger partial charge in [-0.15, -0.1) is 0 Å². The maximum absolute atomic E-state index is 12.6. The molecule has 1 heterocycles. The van der Waals surface area contributed by atoms with Crippen LogP contribution in [0.15, 0.2) is 71.9 Å². The first-order valence-electron chi connectivity index (χ1n) is 9.69. The van der Waals surface area contributed by atoms with Gasteiger partial charge < -0.3 is 15.0 Å². The highest BCUT2D eigenvalue weighted by atomic mass is 32.2. The van der Waals surface area contributed by atoms with Gasteiger partial charge in [-0.3, -0.25) is 9.59 Å². The minimum absolute atomic E-state index is 0.0880. The van der Waals surface area contributed by atoms with Gasteiger partial charge >= 0.3 is 5.97 Å². The molecule has 0 unspecified atom stereocenters. The molecule has 30 heavy (non-hydrogen) atoms. The smallest absolute Gasteiger partial charge is 0.323 e. The van der Waals surface area contributed by atoms with Gasteiger partial charge in [0.1, 0.15) is 6.54 Å². The molecule has 0 saturated heterocycles. The molecule has 4 aromatic rings. The summed E-state index contributed by atoms with van der Waals surface area (Å²) in [5, 5.41) is 14.9. The molecule has 0 spiro atoms. The van der Waals surface area contributed by atoms with Gasteiger partial charge in [0, 0.05) is 17.9 Å². The molecule has 0 bridgehead atoms. The van der Waals surface area contributed by atoms with Gasteiger partial charge in [0.05, 0.1) is 11.0 Å². The van der Waals surface area contributed by atoms with E-state index in [0.29, 0.717) is 17.3 Å². The quantitative estimate of drug-likeness (QED) is 0.331. The largest absolute Gasteiger partial charge is 0.480 e. The van der Waals surface area contributed by atoms with Gasteiger partial charge in [-0.1, -0.05) is 60.3 Å². The maximum atomic E-state index is 12.6. The summed E-state index contributed by atoms with van der Waals surface area (Å²) in [5.74, 6) is -0.268. The molecule has 0 aliphatic rings. The van der Waals surface area contributed by atoms with Gasteiger partial charge in [-0.2, -0.15) is 0 Å². The summed E-state index contributed by atoms with van der Waals surface area (Å²) in [5.41, 5.74) is 2.26. The van der Waals surface area contributed by atoms with Crippen molar-refractivity contribution >= 4 is 45.4 Å². The summed E-state index contributed by atoms with van der Waals surface area (Å²) in [6, 6.07) is 21.1. The topological polar surface area (TPSA) is 84.2 Å². The van der Waals surface area contributed by atoms with Crippen molar-refractivity contribution in [1.29, 1.82) is 0 Å². The zero-order valence-corrected chi connectivity index (χ0v) is 17.1. The van der Waals surface area contributed by atoms with E-state index in [1.165, 1.54) is 11.8 Å². The summed E-state index contributed by atoms with van der Waals surface area (Å²) in [6.45, 7) is 0.412. The number of carboxylic acids is 1. The lowest BCUT2D eigenvalue weighted by atomic mass is 10.0. The second-order valence-corrected chi connectivity index (χ2v) is 7.91. The monoisotopic (exact) mass is 419 g/mol. The Kier molecular flexibility index (Phi) is 5.99. The van der Waals surface area contributed by atoms with E-state index in [0.717, 1.165) is 34.0 Å². The maximum Gasteiger partial charge on any atom is 0.323 e. The molecule has 0 radical (unpaired) electrons. The number of thioether (sulfide) groups is 1. The molecule has 0 aliphatic carbocycles. The minimum atomic E-state index is -0.901. The number of benzene rings is 3. The van der Waals surface area contributed by atoms with E-state index in [9.17, 15) is 14.7 Å². The van der Waals surface area contributed by atoms with E-state index < -0.39 is 5.97 Å². The van der Waals surface area contributed by atoms with Crippen molar-refractivity contribution in [2.75, 3.05) is 12.3 Å². The van der Waals surface area contributed by atoms with Gasteiger partial charge in [-0.25, -0.2) is 4.98 Å². The molecule has 3 aromatic carbocycles. The molecule has 6 nitrogen and oxygen atoms in total. The number of carbonyl (C=O) groups excluding carboxylic acids is 1. The lowest BCUT2D eigenvalue weighted by Crippen LogP contribution is -2.25. The van der Waals surface area contributed by atoms with Crippen LogP contribution in [0.4, 0.5) is 0 Å². The molecular formula is C23H21N3O3S. The number of carbonyl (C=O) groups is 2. The van der Waals surface area contributed by atoms with Crippen molar-refractivity contribution in [2.24, 2.45) is 0 Å². The molecule has 0 aliphatic heterocycles. The first-order chi connectivity index (χ1) is 14.6. The molecule has 7 heteroatoms. The third kappa shape index (κ3) is 4.31. The van der Waals surface area contributed by atoms with Crippen LogP contribution in [-0.2, 0) is 11.3 Å². The first-order valence-corrected chi connectivity index (χ1v) is 10.7. The van der Waals surface area contributed by atoms with E-state index in [1.807, 2.05) is 66.7 Å². The Morgan fingerprint density at radius 2 is 1.77 bits per heavy atom. The summed E-state index contributed by atoms with van der Waals surface area (Å²) in [4.78, 5) is 28.4. The number of rotatable bonds is 8. The molecule has 1 amide bonds. The Bertz CT molecular complexity index is 1210. The number of hydrogen-bond donors (Lipinski definition) is 2. The summed E-state index contributed by atoms with van der Waals surface area (Å²) in [7, 11) is 0. The number of hydrogen-bond acceptors (Lipinski definition) is 4. The van der Waals surface area contributed by atoms with E-state index in [2.05, 4.69) is 10.3 Å². The highest BCUT2D eigenvalue weighted by Crippen LogP contribution is 2.24. The van der Waals surface area contributed by atoms with E-state index in [4.69, 9.17) is 0 Å². The lowest BCUT2D eigenvalue weighted by Gasteiger charge is -2.08. The molecule has 4 rings (SSSR count). The first kappa shape index (κ1) is 20.0. The molecule has 0 saturated carbocycles. The number of aromatic nitrogens is 2. The van der Waals surface area contributed by atoms with Crippen molar-refractivity contribution < 1.29 is 14.7 Å². The van der Waals surface area contributed by atoms with E-state index in [1.54, 1.807) is 4.57 Å². The average Bonchev–Trinajstić information content (AvgIpc) is 3.09. The third-order valence-electron chi connectivity index (χ3n) is 4.78. The Labute approximate surface area is 177 Å². The standard InChI is InChI=1S/C23H21N3O3S/c27-21(28)15-26-20-12-4-3-11-19(20)25-23(26)30-14-6-13-24-22(29)18-10-5-8-16-7-1-2-9-17(16)18/h1-5,7-12H,6,13-15H2,(H,24,29)(H,27,28). The summed E-state index contributed by atoms with van der Waals surface area (Å²) >= 11 is 1.50.